The molecule has 0 aliphatic rings. The number of carbonyl (C=O) groups is 1. The summed E-state index contributed by atoms with van der Waals surface area (Å²) in [7, 11) is 0. The molecule has 0 heterocycles. The van der Waals surface area contributed by atoms with Crippen LogP contribution in [0.2, 0.25) is 0 Å². The zero-order valence-electron chi connectivity index (χ0n) is 8.03. The van der Waals surface area contributed by atoms with E-state index in [-0.39, 0.29) is 4.83 Å². The summed E-state index contributed by atoms with van der Waals surface area (Å²) in [6, 6.07) is 9.92. The second-order valence-corrected chi connectivity index (χ2v) is 5.45. The molecule has 15 heavy (non-hydrogen) atoms. The standard InChI is InChI=1S/C11H12Br2O2/c12-9(6-7-10(13)11(14)15)8-4-2-1-3-5-8/h1-5,9-10H,6-7H2,(H,14,15)/p-1/t9-,10-/m1/s1. The van der Waals surface area contributed by atoms with Crippen LogP contribution in [0.4, 0.5) is 0 Å². The molecule has 1 rings (SSSR count). The SMILES string of the molecule is O=C([O-])[C@H](Br)CC[C@@H](Br)c1ccccc1. The molecule has 0 aliphatic carbocycles. The Hall–Kier alpha value is -0.350. The van der Waals surface area contributed by atoms with Crippen molar-refractivity contribution in [3.05, 3.63) is 35.9 Å². The summed E-state index contributed by atoms with van der Waals surface area (Å²) in [6.45, 7) is 0. The molecule has 0 unspecified atom stereocenters. The van der Waals surface area contributed by atoms with Gasteiger partial charge in [0.1, 0.15) is 0 Å². The van der Waals surface area contributed by atoms with Gasteiger partial charge in [0, 0.05) is 4.83 Å². The van der Waals surface area contributed by atoms with Crippen molar-refractivity contribution in [3.63, 3.8) is 0 Å². The number of carboxylic acid groups (broad SMARTS) is 1. The Morgan fingerprint density at radius 3 is 2.33 bits per heavy atom. The highest BCUT2D eigenvalue weighted by molar-refractivity contribution is 9.10. The fraction of sp³-hybridized carbons (Fsp3) is 0.364. The molecule has 2 atom stereocenters. The molecule has 1 aromatic carbocycles. The van der Waals surface area contributed by atoms with E-state index >= 15 is 0 Å². The van der Waals surface area contributed by atoms with Crippen molar-refractivity contribution in [3.8, 4) is 0 Å². The van der Waals surface area contributed by atoms with Gasteiger partial charge in [-0.3, -0.25) is 0 Å². The fourth-order valence-corrected chi connectivity index (χ4v) is 2.07. The first kappa shape index (κ1) is 12.7. The predicted molar refractivity (Wildman–Crippen MR) is 65.1 cm³/mol. The third-order valence-electron chi connectivity index (χ3n) is 2.09. The second-order valence-electron chi connectivity index (χ2n) is 3.24. The van der Waals surface area contributed by atoms with Gasteiger partial charge in [-0.2, -0.15) is 0 Å². The number of rotatable bonds is 5. The van der Waals surface area contributed by atoms with Gasteiger partial charge < -0.3 is 9.90 Å². The van der Waals surface area contributed by atoms with Gasteiger partial charge >= 0.3 is 0 Å². The number of hydrogen-bond acceptors (Lipinski definition) is 2. The monoisotopic (exact) mass is 333 g/mol. The number of alkyl halides is 2. The first-order valence-corrected chi connectivity index (χ1v) is 6.48. The Kier molecular flexibility index (Phi) is 5.32. The van der Waals surface area contributed by atoms with Crippen LogP contribution in [0.1, 0.15) is 23.2 Å². The number of carbonyl (C=O) groups excluding carboxylic acids is 1. The average molecular weight is 335 g/mol. The molecule has 0 spiro atoms. The maximum absolute atomic E-state index is 10.5. The van der Waals surface area contributed by atoms with Crippen LogP contribution in [0.3, 0.4) is 0 Å². The van der Waals surface area contributed by atoms with Crippen molar-refractivity contribution < 1.29 is 9.90 Å². The van der Waals surface area contributed by atoms with Gasteiger partial charge in [0.15, 0.2) is 0 Å². The fourth-order valence-electron chi connectivity index (χ4n) is 1.24. The average Bonchev–Trinajstić information content (AvgIpc) is 2.26. The molecule has 0 radical (unpaired) electrons. The van der Waals surface area contributed by atoms with Gasteiger partial charge in [-0.05, 0) is 18.4 Å². The summed E-state index contributed by atoms with van der Waals surface area (Å²) in [5, 5.41) is 10.5. The van der Waals surface area contributed by atoms with Gasteiger partial charge in [0.2, 0.25) is 0 Å². The van der Waals surface area contributed by atoms with E-state index in [0.717, 1.165) is 12.0 Å². The van der Waals surface area contributed by atoms with E-state index < -0.39 is 10.8 Å². The first-order chi connectivity index (χ1) is 7.11. The Balaban J connectivity index is 2.43. The van der Waals surface area contributed by atoms with E-state index in [9.17, 15) is 9.90 Å². The Bertz CT molecular complexity index is 314. The van der Waals surface area contributed by atoms with Crippen LogP contribution < -0.4 is 5.11 Å². The molecule has 0 bridgehead atoms. The van der Waals surface area contributed by atoms with Crippen LogP contribution in [0.15, 0.2) is 30.3 Å². The molecule has 0 fully saturated rings. The third kappa shape index (κ3) is 4.34. The van der Waals surface area contributed by atoms with Gasteiger partial charge in [0.05, 0.1) is 10.8 Å². The van der Waals surface area contributed by atoms with Crippen LogP contribution >= 0.6 is 31.9 Å². The van der Waals surface area contributed by atoms with Gasteiger partial charge in [0.25, 0.3) is 0 Å². The molecule has 82 valence electrons. The number of carboxylic acids is 1. The molecule has 0 saturated carbocycles. The van der Waals surface area contributed by atoms with Crippen molar-refractivity contribution in [2.75, 3.05) is 0 Å². The van der Waals surface area contributed by atoms with Gasteiger partial charge in [-0.1, -0.05) is 62.2 Å². The van der Waals surface area contributed by atoms with Gasteiger partial charge in [-0.15, -0.1) is 0 Å². The predicted octanol–water partition coefficient (Wildman–Crippen LogP) is 2.42. The zero-order chi connectivity index (χ0) is 11.3. The Labute approximate surface area is 106 Å². The lowest BCUT2D eigenvalue weighted by atomic mass is 10.1. The number of aliphatic carboxylic acids is 1. The lowest BCUT2D eigenvalue weighted by Gasteiger charge is -2.14. The summed E-state index contributed by atoms with van der Waals surface area (Å²) in [6.07, 6.45) is 1.31. The largest absolute Gasteiger partial charge is 0.549 e. The highest BCUT2D eigenvalue weighted by atomic mass is 79.9. The van der Waals surface area contributed by atoms with Crippen LogP contribution in [0, 0.1) is 0 Å². The van der Waals surface area contributed by atoms with Crippen LogP contribution in [0.5, 0.6) is 0 Å². The van der Waals surface area contributed by atoms with E-state index in [4.69, 9.17) is 0 Å². The first-order valence-electron chi connectivity index (χ1n) is 4.65. The van der Waals surface area contributed by atoms with Crippen LogP contribution in [-0.2, 0) is 4.79 Å². The van der Waals surface area contributed by atoms with Crippen LogP contribution in [0.25, 0.3) is 0 Å². The minimum atomic E-state index is -1.05. The second kappa shape index (κ2) is 6.28. The summed E-state index contributed by atoms with van der Waals surface area (Å²) < 4.78 is 0. The van der Waals surface area contributed by atoms with E-state index in [0.29, 0.717) is 6.42 Å². The Morgan fingerprint density at radius 2 is 1.80 bits per heavy atom. The van der Waals surface area contributed by atoms with Crippen molar-refractivity contribution in [1.82, 2.24) is 0 Å². The van der Waals surface area contributed by atoms with E-state index in [1.54, 1.807) is 0 Å². The molecular formula is C11H11Br2O2-. The number of halogens is 2. The van der Waals surface area contributed by atoms with E-state index in [1.165, 1.54) is 0 Å². The van der Waals surface area contributed by atoms with Crippen molar-refractivity contribution >= 4 is 37.8 Å². The molecule has 0 amide bonds. The van der Waals surface area contributed by atoms with E-state index in [1.807, 2.05) is 30.3 Å². The smallest absolute Gasteiger partial charge is 0.0551 e. The molecular weight excluding hydrogens is 324 g/mol. The molecule has 4 heteroatoms. The number of hydrogen-bond donors (Lipinski definition) is 0. The van der Waals surface area contributed by atoms with Crippen molar-refractivity contribution in [1.29, 1.82) is 0 Å². The molecule has 0 aromatic heterocycles. The molecule has 0 saturated heterocycles. The normalized spacial score (nSPS) is 14.5. The molecule has 2 nitrogen and oxygen atoms in total. The minimum Gasteiger partial charge on any atom is -0.549 e. The molecule has 1 aromatic rings. The van der Waals surface area contributed by atoms with Gasteiger partial charge in [-0.25, -0.2) is 0 Å². The lowest BCUT2D eigenvalue weighted by Crippen LogP contribution is -2.31. The maximum atomic E-state index is 10.5. The summed E-state index contributed by atoms with van der Waals surface area (Å²) in [5.41, 5.74) is 1.16. The molecule has 0 aliphatic heterocycles. The summed E-state index contributed by atoms with van der Waals surface area (Å²) >= 11 is 6.59. The van der Waals surface area contributed by atoms with E-state index in [2.05, 4.69) is 31.9 Å². The maximum Gasteiger partial charge on any atom is 0.0551 e. The van der Waals surface area contributed by atoms with Crippen LogP contribution in [-0.4, -0.2) is 10.8 Å². The third-order valence-corrected chi connectivity index (χ3v) is 3.91. The number of benzene rings is 1. The molecule has 0 N–H and O–H groups in total. The lowest BCUT2D eigenvalue weighted by molar-refractivity contribution is -0.304. The Morgan fingerprint density at radius 1 is 1.20 bits per heavy atom. The highest BCUT2D eigenvalue weighted by Gasteiger charge is 2.11. The van der Waals surface area contributed by atoms with Crippen molar-refractivity contribution in [2.24, 2.45) is 0 Å². The zero-order valence-corrected chi connectivity index (χ0v) is 11.2. The quantitative estimate of drug-likeness (QED) is 0.776. The minimum absolute atomic E-state index is 0.193. The summed E-state index contributed by atoms with van der Waals surface area (Å²) in [5.74, 6) is -1.05. The van der Waals surface area contributed by atoms with Crippen molar-refractivity contribution in [2.45, 2.75) is 22.5 Å². The highest BCUT2D eigenvalue weighted by Crippen LogP contribution is 2.28. The topological polar surface area (TPSA) is 40.1 Å². The summed E-state index contributed by atoms with van der Waals surface area (Å²) in [4.78, 5) is 10.1.